The number of halogens is 1. The van der Waals surface area contributed by atoms with Crippen molar-refractivity contribution in [2.24, 2.45) is 0 Å². The molecule has 0 saturated carbocycles. The average molecular weight is 345 g/mol. The van der Waals surface area contributed by atoms with Gasteiger partial charge in [0.2, 0.25) is 5.91 Å². The Kier molecular flexibility index (Phi) is 5.38. The van der Waals surface area contributed by atoms with Gasteiger partial charge in [0.1, 0.15) is 17.3 Å². The zero-order valence-corrected chi connectivity index (χ0v) is 13.7. The van der Waals surface area contributed by atoms with Gasteiger partial charge in [0.15, 0.2) is 0 Å². The van der Waals surface area contributed by atoms with Crippen molar-refractivity contribution in [2.45, 2.75) is 18.0 Å². The number of hydrogen-bond donors (Lipinski definition) is 0. The Morgan fingerprint density at radius 2 is 1.58 bits per heavy atom. The van der Waals surface area contributed by atoms with E-state index in [2.05, 4.69) is 0 Å². The molecule has 0 aliphatic rings. The minimum Gasteiger partial charge on any atom is -0.467 e. The van der Waals surface area contributed by atoms with Gasteiger partial charge in [0, 0.05) is 4.90 Å². The standard InChI is InChI=1S/C18H16FNO3S/c19-16-7-1-2-8-17(16)24-13-18(21)20(11-14-5-3-9-22-14)12-15-6-4-10-23-15/h1-10H,11-13H2. The molecule has 2 aromatic heterocycles. The maximum Gasteiger partial charge on any atom is 0.233 e. The molecule has 0 spiro atoms. The molecule has 0 N–H and O–H groups in total. The SMILES string of the molecule is O=C(CSc1ccccc1F)N(Cc1ccco1)Cc1ccco1. The minimum atomic E-state index is -0.320. The lowest BCUT2D eigenvalue weighted by Gasteiger charge is -2.20. The van der Waals surface area contributed by atoms with E-state index in [4.69, 9.17) is 8.83 Å². The molecule has 6 heteroatoms. The Hall–Kier alpha value is -2.47. The monoisotopic (exact) mass is 345 g/mol. The molecule has 3 rings (SSSR count). The number of nitrogens with zero attached hydrogens (tertiary/aromatic N) is 1. The van der Waals surface area contributed by atoms with Crippen molar-refractivity contribution in [1.29, 1.82) is 0 Å². The molecule has 24 heavy (non-hydrogen) atoms. The third-order valence-electron chi connectivity index (χ3n) is 3.39. The molecule has 0 aliphatic heterocycles. The second-order valence-electron chi connectivity index (χ2n) is 5.13. The molecule has 1 aromatic carbocycles. The fraction of sp³-hybridized carbons (Fsp3) is 0.167. The van der Waals surface area contributed by atoms with E-state index in [1.807, 2.05) is 12.1 Å². The summed E-state index contributed by atoms with van der Waals surface area (Å²) in [6.07, 6.45) is 3.14. The van der Waals surface area contributed by atoms with Gasteiger partial charge in [0.25, 0.3) is 0 Å². The molecule has 3 aromatic rings. The van der Waals surface area contributed by atoms with Gasteiger partial charge in [-0.25, -0.2) is 4.39 Å². The fourth-order valence-corrected chi connectivity index (χ4v) is 3.05. The lowest BCUT2D eigenvalue weighted by Crippen LogP contribution is -2.31. The van der Waals surface area contributed by atoms with E-state index in [9.17, 15) is 9.18 Å². The highest BCUT2D eigenvalue weighted by atomic mass is 32.2. The Balaban J connectivity index is 1.67. The Bertz CT molecular complexity index is 735. The number of carbonyl (C=O) groups is 1. The van der Waals surface area contributed by atoms with Crippen molar-refractivity contribution >= 4 is 17.7 Å². The van der Waals surface area contributed by atoms with Crippen LogP contribution in [0.2, 0.25) is 0 Å². The summed E-state index contributed by atoms with van der Waals surface area (Å²) >= 11 is 1.18. The van der Waals surface area contributed by atoms with Crippen LogP contribution in [-0.4, -0.2) is 16.6 Å². The van der Waals surface area contributed by atoms with Crippen LogP contribution in [0.4, 0.5) is 4.39 Å². The summed E-state index contributed by atoms with van der Waals surface area (Å²) in [5.74, 6) is 1.08. The summed E-state index contributed by atoms with van der Waals surface area (Å²) in [5.41, 5.74) is 0. The van der Waals surface area contributed by atoms with Gasteiger partial charge >= 0.3 is 0 Å². The number of furan rings is 2. The Labute approximate surface area is 143 Å². The number of rotatable bonds is 7. The van der Waals surface area contributed by atoms with Crippen LogP contribution in [0.3, 0.4) is 0 Å². The van der Waals surface area contributed by atoms with E-state index in [1.165, 1.54) is 17.8 Å². The van der Waals surface area contributed by atoms with Gasteiger partial charge in [-0.1, -0.05) is 12.1 Å². The van der Waals surface area contributed by atoms with Crippen molar-refractivity contribution in [3.63, 3.8) is 0 Å². The van der Waals surface area contributed by atoms with E-state index >= 15 is 0 Å². The second kappa shape index (κ2) is 7.88. The van der Waals surface area contributed by atoms with Crippen LogP contribution in [0.25, 0.3) is 0 Å². The van der Waals surface area contributed by atoms with E-state index in [0.717, 1.165) is 0 Å². The topological polar surface area (TPSA) is 46.6 Å². The van der Waals surface area contributed by atoms with Crippen LogP contribution < -0.4 is 0 Å². The molecule has 0 radical (unpaired) electrons. The molecule has 1 amide bonds. The third kappa shape index (κ3) is 4.29. The Morgan fingerprint density at radius 3 is 2.12 bits per heavy atom. The lowest BCUT2D eigenvalue weighted by atomic mass is 10.3. The van der Waals surface area contributed by atoms with Gasteiger partial charge < -0.3 is 13.7 Å². The Morgan fingerprint density at radius 1 is 0.958 bits per heavy atom. The normalized spacial score (nSPS) is 10.7. The zero-order valence-electron chi connectivity index (χ0n) is 12.9. The highest BCUT2D eigenvalue weighted by Crippen LogP contribution is 2.22. The van der Waals surface area contributed by atoms with E-state index in [0.29, 0.717) is 29.5 Å². The summed E-state index contributed by atoms with van der Waals surface area (Å²) in [4.78, 5) is 14.7. The van der Waals surface area contributed by atoms with Crippen molar-refractivity contribution in [1.82, 2.24) is 4.90 Å². The van der Waals surface area contributed by atoms with Crippen molar-refractivity contribution < 1.29 is 18.0 Å². The van der Waals surface area contributed by atoms with Crippen LogP contribution in [0.1, 0.15) is 11.5 Å². The number of hydrogen-bond acceptors (Lipinski definition) is 4. The quantitative estimate of drug-likeness (QED) is 0.598. The van der Waals surface area contributed by atoms with Crippen molar-refractivity contribution in [2.75, 3.05) is 5.75 Å². The highest BCUT2D eigenvalue weighted by molar-refractivity contribution is 8.00. The number of carbonyl (C=O) groups excluding carboxylic acids is 1. The third-order valence-corrected chi connectivity index (χ3v) is 4.43. The van der Waals surface area contributed by atoms with E-state index < -0.39 is 0 Å². The first-order chi connectivity index (χ1) is 11.7. The maximum absolute atomic E-state index is 13.7. The predicted octanol–water partition coefficient (Wildman–Crippen LogP) is 4.33. The van der Waals surface area contributed by atoms with E-state index in [-0.39, 0.29) is 17.5 Å². The molecule has 0 unspecified atom stereocenters. The van der Waals surface area contributed by atoms with Crippen molar-refractivity contribution in [3.05, 3.63) is 78.4 Å². The molecule has 0 aliphatic carbocycles. The smallest absolute Gasteiger partial charge is 0.233 e. The van der Waals surface area contributed by atoms with Crippen LogP contribution >= 0.6 is 11.8 Å². The first-order valence-corrected chi connectivity index (χ1v) is 8.41. The lowest BCUT2D eigenvalue weighted by molar-refractivity contribution is -0.130. The van der Waals surface area contributed by atoms with Crippen LogP contribution in [0, 0.1) is 5.82 Å². The summed E-state index contributed by atoms with van der Waals surface area (Å²) < 4.78 is 24.3. The summed E-state index contributed by atoms with van der Waals surface area (Å²) in [5, 5.41) is 0. The maximum atomic E-state index is 13.7. The first-order valence-electron chi connectivity index (χ1n) is 7.42. The summed E-state index contributed by atoms with van der Waals surface area (Å²) in [6, 6.07) is 13.6. The molecule has 0 atom stereocenters. The molecular weight excluding hydrogens is 329 g/mol. The molecule has 4 nitrogen and oxygen atoms in total. The number of benzene rings is 1. The predicted molar refractivity (Wildman–Crippen MR) is 88.8 cm³/mol. The largest absolute Gasteiger partial charge is 0.467 e. The average Bonchev–Trinajstić information content (AvgIpc) is 3.27. The number of thioether (sulfide) groups is 1. The molecule has 124 valence electrons. The van der Waals surface area contributed by atoms with E-state index in [1.54, 1.807) is 47.8 Å². The van der Waals surface area contributed by atoms with Crippen LogP contribution in [0.15, 0.2) is 74.8 Å². The highest BCUT2D eigenvalue weighted by Gasteiger charge is 2.18. The van der Waals surface area contributed by atoms with Gasteiger partial charge in [-0.3, -0.25) is 4.79 Å². The van der Waals surface area contributed by atoms with Crippen molar-refractivity contribution in [3.8, 4) is 0 Å². The second-order valence-corrected chi connectivity index (χ2v) is 6.14. The fourth-order valence-electron chi connectivity index (χ4n) is 2.21. The zero-order chi connectivity index (χ0) is 16.8. The van der Waals surface area contributed by atoms with Gasteiger partial charge in [-0.05, 0) is 36.4 Å². The molecule has 2 heterocycles. The van der Waals surface area contributed by atoms with Gasteiger partial charge in [0.05, 0.1) is 31.4 Å². The van der Waals surface area contributed by atoms with Crippen LogP contribution in [-0.2, 0) is 17.9 Å². The number of amides is 1. The molecule has 0 fully saturated rings. The molecular formula is C18H16FNO3S. The molecule has 0 saturated heterocycles. The minimum absolute atomic E-state index is 0.115. The van der Waals surface area contributed by atoms with Gasteiger partial charge in [-0.2, -0.15) is 0 Å². The summed E-state index contributed by atoms with van der Waals surface area (Å²) in [6.45, 7) is 0.675. The van der Waals surface area contributed by atoms with Crippen LogP contribution in [0.5, 0.6) is 0 Å². The van der Waals surface area contributed by atoms with Gasteiger partial charge in [-0.15, -0.1) is 11.8 Å². The molecule has 0 bridgehead atoms. The summed E-state index contributed by atoms with van der Waals surface area (Å²) in [7, 11) is 0. The first kappa shape index (κ1) is 16.4.